The van der Waals surface area contributed by atoms with Crippen molar-refractivity contribution in [2.75, 3.05) is 36.5 Å². The first kappa shape index (κ1) is 21.1. The molecule has 4 aromatic rings. The predicted molar refractivity (Wildman–Crippen MR) is 134 cm³/mol. The van der Waals surface area contributed by atoms with Crippen LogP contribution in [-0.4, -0.2) is 42.2 Å². The van der Waals surface area contributed by atoms with Gasteiger partial charge >= 0.3 is 0 Å². The average Bonchev–Trinajstić information content (AvgIpc) is 3.27. The standard InChI is InChI=1S/C25H23N5O2S/c26-23(31)10-3-17-1-4-18(5-2-17)21-16-33-22-15-27-25(29-24(21)22)28-19-6-8-20(9-7-19)30-11-13-32-14-12-30/h1-10,15-16H,11-14H2,(H2,26,31)(H,27,28,29). The lowest BCUT2D eigenvalue weighted by molar-refractivity contribution is -0.113. The molecule has 0 aliphatic carbocycles. The van der Waals surface area contributed by atoms with Gasteiger partial charge in [-0.15, -0.1) is 11.3 Å². The summed E-state index contributed by atoms with van der Waals surface area (Å²) in [5.74, 6) is 0.0950. The van der Waals surface area contributed by atoms with E-state index in [2.05, 4.69) is 32.7 Å². The molecule has 2 aromatic carbocycles. The Balaban J connectivity index is 1.35. The van der Waals surface area contributed by atoms with Crippen LogP contribution in [0.4, 0.5) is 17.3 Å². The first-order valence-corrected chi connectivity index (χ1v) is 11.6. The van der Waals surface area contributed by atoms with Crippen LogP contribution in [-0.2, 0) is 9.53 Å². The minimum atomic E-state index is -0.463. The number of morpholine rings is 1. The molecule has 0 saturated carbocycles. The van der Waals surface area contributed by atoms with E-state index in [-0.39, 0.29) is 0 Å². The van der Waals surface area contributed by atoms with Gasteiger partial charge in [0.25, 0.3) is 0 Å². The van der Waals surface area contributed by atoms with Gasteiger partial charge in [0.15, 0.2) is 0 Å². The second kappa shape index (κ2) is 9.40. The van der Waals surface area contributed by atoms with Crippen LogP contribution in [0.15, 0.2) is 66.2 Å². The van der Waals surface area contributed by atoms with Gasteiger partial charge in [0.2, 0.25) is 11.9 Å². The maximum absolute atomic E-state index is 10.9. The Hall–Kier alpha value is -3.75. The van der Waals surface area contributed by atoms with Gasteiger partial charge in [-0.3, -0.25) is 4.79 Å². The second-order valence-corrected chi connectivity index (χ2v) is 8.60. The summed E-state index contributed by atoms with van der Waals surface area (Å²) in [6, 6.07) is 16.2. The van der Waals surface area contributed by atoms with Crippen molar-refractivity contribution in [3.8, 4) is 11.1 Å². The number of hydrogen-bond donors (Lipinski definition) is 2. The van der Waals surface area contributed by atoms with Crippen molar-refractivity contribution in [3.05, 3.63) is 71.7 Å². The third-order valence-electron chi connectivity index (χ3n) is 5.48. The fourth-order valence-corrected chi connectivity index (χ4v) is 4.62. The number of carbonyl (C=O) groups excluding carboxylic acids is 1. The summed E-state index contributed by atoms with van der Waals surface area (Å²) in [6.45, 7) is 3.36. The minimum Gasteiger partial charge on any atom is -0.378 e. The third kappa shape index (κ3) is 4.87. The Morgan fingerprint density at radius 1 is 1.09 bits per heavy atom. The lowest BCUT2D eigenvalue weighted by atomic mass is 10.1. The molecule has 7 nitrogen and oxygen atoms in total. The van der Waals surface area contributed by atoms with E-state index in [1.807, 2.05) is 42.6 Å². The zero-order valence-corrected chi connectivity index (χ0v) is 18.7. The normalized spacial score (nSPS) is 14.1. The molecule has 0 unspecified atom stereocenters. The van der Waals surface area contributed by atoms with Crippen LogP contribution in [0.3, 0.4) is 0 Å². The summed E-state index contributed by atoms with van der Waals surface area (Å²) in [4.78, 5) is 22.5. The fraction of sp³-hybridized carbons (Fsp3) is 0.160. The molecule has 166 valence electrons. The average molecular weight is 458 g/mol. The van der Waals surface area contributed by atoms with Crippen LogP contribution in [0, 0.1) is 0 Å². The van der Waals surface area contributed by atoms with Gasteiger partial charge in [-0.05, 0) is 41.5 Å². The number of benzene rings is 2. The molecular formula is C25H23N5O2S. The van der Waals surface area contributed by atoms with Gasteiger partial charge in [0.05, 0.1) is 29.6 Å². The molecule has 1 fully saturated rings. The molecule has 3 heterocycles. The fourth-order valence-electron chi connectivity index (χ4n) is 3.75. The summed E-state index contributed by atoms with van der Waals surface area (Å²) in [6.07, 6.45) is 4.91. The first-order valence-electron chi connectivity index (χ1n) is 10.7. The summed E-state index contributed by atoms with van der Waals surface area (Å²) in [5.41, 5.74) is 11.2. The number of anilines is 3. The Labute approximate surface area is 195 Å². The number of nitrogens with two attached hydrogens (primary N) is 1. The van der Waals surface area contributed by atoms with Gasteiger partial charge in [0.1, 0.15) is 0 Å². The van der Waals surface area contributed by atoms with Crippen molar-refractivity contribution >= 4 is 50.9 Å². The maximum Gasteiger partial charge on any atom is 0.241 e. The van der Waals surface area contributed by atoms with Crippen molar-refractivity contribution < 1.29 is 9.53 Å². The molecule has 1 aliphatic rings. The van der Waals surface area contributed by atoms with E-state index >= 15 is 0 Å². The highest BCUT2D eigenvalue weighted by molar-refractivity contribution is 7.17. The number of aromatic nitrogens is 2. The Morgan fingerprint density at radius 3 is 2.58 bits per heavy atom. The van der Waals surface area contributed by atoms with E-state index < -0.39 is 5.91 Å². The van der Waals surface area contributed by atoms with Crippen LogP contribution >= 0.6 is 11.3 Å². The number of nitrogens with one attached hydrogen (secondary N) is 1. The molecule has 0 atom stereocenters. The topological polar surface area (TPSA) is 93.4 Å². The number of carbonyl (C=O) groups is 1. The Bertz CT molecular complexity index is 1290. The van der Waals surface area contributed by atoms with Crippen LogP contribution < -0.4 is 16.0 Å². The molecule has 8 heteroatoms. The van der Waals surface area contributed by atoms with E-state index in [4.69, 9.17) is 15.5 Å². The molecule has 1 saturated heterocycles. The van der Waals surface area contributed by atoms with Gasteiger partial charge in [-0.25, -0.2) is 9.97 Å². The lowest BCUT2D eigenvalue weighted by Crippen LogP contribution is -2.36. The number of rotatable bonds is 6. The number of hydrogen-bond acceptors (Lipinski definition) is 7. The van der Waals surface area contributed by atoms with E-state index in [0.29, 0.717) is 5.95 Å². The van der Waals surface area contributed by atoms with Crippen molar-refractivity contribution in [2.45, 2.75) is 0 Å². The van der Waals surface area contributed by atoms with Crippen molar-refractivity contribution in [2.24, 2.45) is 5.73 Å². The zero-order valence-electron chi connectivity index (χ0n) is 17.9. The van der Waals surface area contributed by atoms with Crippen molar-refractivity contribution in [3.63, 3.8) is 0 Å². The zero-order chi connectivity index (χ0) is 22.6. The Kier molecular flexibility index (Phi) is 6.01. The van der Waals surface area contributed by atoms with E-state index in [9.17, 15) is 4.79 Å². The summed E-state index contributed by atoms with van der Waals surface area (Å²) in [7, 11) is 0. The molecule has 3 N–H and O–H groups in total. The molecule has 33 heavy (non-hydrogen) atoms. The third-order valence-corrected chi connectivity index (χ3v) is 6.38. The molecule has 1 aliphatic heterocycles. The molecular weight excluding hydrogens is 434 g/mol. The number of nitrogens with zero attached hydrogens (tertiary/aromatic N) is 3. The summed E-state index contributed by atoms with van der Waals surface area (Å²) in [5, 5.41) is 5.41. The maximum atomic E-state index is 10.9. The van der Waals surface area contributed by atoms with E-state index in [1.165, 1.54) is 11.8 Å². The molecule has 0 bridgehead atoms. The highest BCUT2D eigenvalue weighted by atomic mass is 32.1. The van der Waals surface area contributed by atoms with Gasteiger partial charge < -0.3 is 20.7 Å². The monoisotopic (exact) mass is 457 g/mol. The van der Waals surface area contributed by atoms with Crippen LogP contribution in [0.25, 0.3) is 27.4 Å². The van der Waals surface area contributed by atoms with Crippen LogP contribution in [0.2, 0.25) is 0 Å². The molecule has 1 amide bonds. The summed E-state index contributed by atoms with van der Waals surface area (Å²) < 4.78 is 6.45. The number of thiophene rings is 1. The highest BCUT2D eigenvalue weighted by Crippen LogP contribution is 2.33. The quantitative estimate of drug-likeness (QED) is 0.416. The number of ether oxygens (including phenoxy) is 1. The molecule has 0 spiro atoms. The van der Waals surface area contributed by atoms with Gasteiger partial charge in [0, 0.05) is 41.5 Å². The summed E-state index contributed by atoms with van der Waals surface area (Å²) >= 11 is 1.62. The minimum absolute atomic E-state index is 0.463. The lowest BCUT2D eigenvalue weighted by Gasteiger charge is -2.28. The van der Waals surface area contributed by atoms with Crippen molar-refractivity contribution in [1.29, 1.82) is 0 Å². The molecule has 5 rings (SSSR count). The largest absolute Gasteiger partial charge is 0.378 e. The van der Waals surface area contributed by atoms with Crippen molar-refractivity contribution in [1.82, 2.24) is 9.97 Å². The predicted octanol–water partition coefficient (Wildman–Crippen LogP) is 4.44. The van der Waals surface area contributed by atoms with E-state index in [1.54, 1.807) is 17.4 Å². The number of fused-ring (bicyclic) bond motifs is 1. The molecule has 0 radical (unpaired) electrons. The first-order chi connectivity index (χ1) is 16.2. The number of amides is 1. The van der Waals surface area contributed by atoms with Crippen LogP contribution in [0.5, 0.6) is 0 Å². The SMILES string of the molecule is NC(=O)C=Cc1ccc(-c2csc3cnc(Nc4ccc(N5CCOCC5)cc4)nc23)cc1. The Morgan fingerprint density at radius 2 is 1.85 bits per heavy atom. The van der Waals surface area contributed by atoms with Crippen LogP contribution in [0.1, 0.15) is 5.56 Å². The van der Waals surface area contributed by atoms with Gasteiger partial charge in [-0.2, -0.15) is 0 Å². The second-order valence-electron chi connectivity index (χ2n) is 7.68. The smallest absolute Gasteiger partial charge is 0.241 e. The highest BCUT2D eigenvalue weighted by Gasteiger charge is 2.12. The number of primary amides is 1. The van der Waals surface area contributed by atoms with Gasteiger partial charge in [-0.1, -0.05) is 24.3 Å². The molecule has 2 aromatic heterocycles. The van der Waals surface area contributed by atoms with E-state index in [0.717, 1.165) is 58.9 Å².